The Labute approximate surface area is 193 Å². The van der Waals surface area contributed by atoms with E-state index in [1.807, 2.05) is 48.5 Å². The van der Waals surface area contributed by atoms with Gasteiger partial charge in [-0.1, -0.05) is 72.3 Å². The molecule has 1 aliphatic rings. The Hall–Kier alpha value is -3.09. The van der Waals surface area contributed by atoms with E-state index < -0.39 is 15.9 Å². The van der Waals surface area contributed by atoms with Crippen molar-refractivity contribution in [3.05, 3.63) is 105 Å². The SMILES string of the molecule is CCN1c2ccc(Cl)cc2C(c2ccccc2)=C(C(=O)NCCc2ccccc2)S1(=O)=O. The molecule has 0 unspecified atom stereocenters. The van der Waals surface area contributed by atoms with E-state index in [4.69, 9.17) is 11.6 Å². The number of fused-ring (bicyclic) bond motifs is 1. The highest BCUT2D eigenvalue weighted by Gasteiger charge is 2.40. The molecule has 1 N–H and O–H groups in total. The van der Waals surface area contributed by atoms with Crippen LogP contribution in [0.15, 0.2) is 83.8 Å². The molecule has 0 saturated carbocycles. The lowest BCUT2D eigenvalue weighted by atomic mass is 9.95. The van der Waals surface area contributed by atoms with Crippen molar-refractivity contribution in [2.75, 3.05) is 17.4 Å². The van der Waals surface area contributed by atoms with Crippen molar-refractivity contribution >= 4 is 38.8 Å². The van der Waals surface area contributed by atoms with E-state index >= 15 is 0 Å². The lowest BCUT2D eigenvalue weighted by molar-refractivity contribution is -0.116. The molecule has 0 aromatic heterocycles. The molecule has 5 nitrogen and oxygen atoms in total. The molecule has 3 aromatic rings. The van der Waals surface area contributed by atoms with Crippen LogP contribution in [0.1, 0.15) is 23.6 Å². The van der Waals surface area contributed by atoms with Crippen LogP contribution in [0.25, 0.3) is 5.57 Å². The molecule has 4 rings (SSSR count). The molecule has 7 heteroatoms. The number of sulfonamides is 1. The second-order valence-electron chi connectivity index (χ2n) is 7.39. The first-order valence-electron chi connectivity index (χ1n) is 10.4. The van der Waals surface area contributed by atoms with Gasteiger partial charge in [0.05, 0.1) is 5.69 Å². The molecule has 164 valence electrons. The van der Waals surface area contributed by atoms with Gasteiger partial charge in [0.2, 0.25) is 0 Å². The summed E-state index contributed by atoms with van der Waals surface area (Å²) < 4.78 is 28.5. The van der Waals surface area contributed by atoms with Crippen molar-refractivity contribution in [2.45, 2.75) is 13.3 Å². The van der Waals surface area contributed by atoms with Crippen molar-refractivity contribution in [1.82, 2.24) is 5.32 Å². The topological polar surface area (TPSA) is 66.5 Å². The van der Waals surface area contributed by atoms with Crippen LogP contribution in [-0.2, 0) is 21.2 Å². The van der Waals surface area contributed by atoms with Gasteiger partial charge in [0.25, 0.3) is 15.9 Å². The summed E-state index contributed by atoms with van der Waals surface area (Å²) >= 11 is 6.28. The van der Waals surface area contributed by atoms with Crippen molar-refractivity contribution in [3.63, 3.8) is 0 Å². The van der Waals surface area contributed by atoms with Gasteiger partial charge >= 0.3 is 0 Å². The van der Waals surface area contributed by atoms with Gasteiger partial charge in [-0.2, -0.15) is 0 Å². The van der Waals surface area contributed by atoms with E-state index in [1.165, 1.54) is 4.31 Å². The zero-order valence-electron chi connectivity index (χ0n) is 17.6. The normalized spacial score (nSPS) is 14.8. The second-order valence-corrected chi connectivity index (χ2v) is 9.63. The number of halogens is 1. The van der Waals surface area contributed by atoms with Gasteiger partial charge in [-0.3, -0.25) is 9.10 Å². The molecular formula is C25H23ClN2O3S. The first-order valence-corrected chi connectivity index (χ1v) is 12.2. The third-order valence-electron chi connectivity index (χ3n) is 5.37. The van der Waals surface area contributed by atoms with E-state index in [9.17, 15) is 13.2 Å². The summed E-state index contributed by atoms with van der Waals surface area (Å²) in [4.78, 5) is 13.1. The molecule has 1 heterocycles. The fourth-order valence-electron chi connectivity index (χ4n) is 3.92. The van der Waals surface area contributed by atoms with Gasteiger partial charge in [-0.15, -0.1) is 0 Å². The largest absolute Gasteiger partial charge is 0.351 e. The Morgan fingerprint density at radius 1 is 0.969 bits per heavy atom. The fourth-order valence-corrected chi connectivity index (χ4v) is 5.87. The van der Waals surface area contributed by atoms with E-state index in [2.05, 4.69) is 5.32 Å². The summed E-state index contributed by atoms with van der Waals surface area (Å²) in [5.41, 5.74) is 3.20. The predicted molar refractivity (Wildman–Crippen MR) is 129 cm³/mol. The summed E-state index contributed by atoms with van der Waals surface area (Å²) in [6.07, 6.45) is 0.598. The van der Waals surface area contributed by atoms with Crippen LogP contribution < -0.4 is 9.62 Å². The summed E-state index contributed by atoms with van der Waals surface area (Å²) in [6, 6.07) is 23.9. The van der Waals surface area contributed by atoms with Crippen LogP contribution >= 0.6 is 11.6 Å². The van der Waals surface area contributed by atoms with Crippen molar-refractivity contribution in [1.29, 1.82) is 0 Å². The molecule has 0 radical (unpaired) electrons. The van der Waals surface area contributed by atoms with Gasteiger partial charge < -0.3 is 5.32 Å². The third kappa shape index (κ3) is 4.16. The Balaban J connectivity index is 1.83. The first-order chi connectivity index (χ1) is 15.4. The number of hydrogen-bond acceptors (Lipinski definition) is 3. The van der Waals surface area contributed by atoms with Crippen molar-refractivity contribution < 1.29 is 13.2 Å². The number of hydrogen-bond donors (Lipinski definition) is 1. The number of carbonyl (C=O) groups is 1. The maximum atomic E-state index is 13.6. The smallest absolute Gasteiger partial charge is 0.270 e. The van der Waals surface area contributed by atoms with Crippen LogP contribution in [0.3, 0.4) is 0 Å². The summed E-state index contributed by atoms with van der Waals surface area (Å²) in [6.45, 7) is 2.26. The molecule has 0 spiro atoms. The number of nitrogens with zero attached hydrogens (tertiary/aromatic N) is 1. The van der Waals surface area contributed by atoms with E-state index in [1.54, 1.807) is 37.3 Å². The quantitative estimate of drug-likeness (QED) is 0.576. The maximum Gasteiger partial charge on any atom is 0.270 e. The molecule has 0 aliphatic carbocycles. The van der Waals surface area contributed by atoms with Crippen LogP contribution in [0.5, 0.6) is 0 Å². The number of benzene rings is 3. The van der Waals surface area contributed by atoms with Crippen molar-refractivity contribution in [2.24, 2.45) is 0 Å². The summed E-state index contributed by atoms with van der Waals surface area (Å²) in [5, 5.41) is 3.28. The van der Waals surface area contributed by atoms with Gasteiger partial charge in [0.1, 0.15) is 0 Å². The Morgan fingerprint density at radius 3 is 2.28 bits per heavy atom. The zero-order chi connectivity index (χ0) is 22.7. The zero-order valence-corrected chi connectivity index (χ0v) is 19.2. The minimum absolute atomic E-state index is 0.194. The minimum atomic E-state index is -4.07. The lowest BCUT2D eigenvalue weighted by Gasteiger charge is -2.33. The second kappa shape index (κ2) is 9.18. The van der Waals surface area contributed by atoms with Crippen molar-refractivity contribution in [3.8, 4) is 0 Å². The Bertz CT molecular complexity index is 1270. The number of anilines is 1. The van der Waals surface area contributed by atoms with Gasteiger partial charge in [0, 0.05) is 29.2 Å². The average Bonchev–Trinajstić information content (AvgIpc) is 2.79. The highest BCUT2D eigenvalue weighted by molar-refractivity contribution is 7.97. The van der Waals surface area contributed by atoms with Crippen LogP contribution in [0, 0.1) is 0 Å². The molecule has 0 atom stereocenters. The van der Waals surface area contributed by atoms with E-state index in [0.717, 1.165) is 5.56 Å². The predicted octanol–water partition coefficient (Wildman–Crippen LogP) is 4.63. The average molecular weight is 467 g/mol. The van der Waals surface area contributed by atoms with Crippen LogP contribution in [0.4, 0.5) is 5.69 Å². The molecule has 32 heavy (non-hydrogen) atoms. The molecular weight excluding hydrogens is 444 g/mol. The van der Waals surface area contributed by atoms with Crippen LogP contribution in [-0.4, -0.2) is 27.4 Å². The van der Waals surface area contributed by atoms with E-state index in [0.29, 0.717) is 40.4 Å². The van der Waals surface area contributed by atoms with Crippen LogP contribution in [0.2, 0.25) is 5.02 Å². The third-order valence-corrected chi connectivity index (χ3v) is 7.55. The fraction of sp³-hybridized carbons (Fsp3) is 0.160. The van der Waals surface area contributed by atoms with E-state index in [-0.39, 0.29) is 11.4 Å². The maximum absolute atomic E-state index is 13.6. The Morgan fingerprint density at radius 2 is 1.62 bits per heavy atom. The number of amides is 1. The number of carbonyl (C=O) groups excluding carboxylic acids is 1. The highest BCUT2D eigenvalue weighted by Crippen LogP contribution is 2.43. The van der Waals surface area contributed by atoms with Gasteiger partial charge in [-0.25, -0.2) is 8.42 Å². The lowest BCUT2D eigenvalue weighted by Crippen LogP contribution is -2.41. The monoisotopic (exact) mass is 466 g/mol. The molecule has 0 fully saturated rings. The number of nitrogens with one attached hydrogen (secondary N) is 1. The highest BCUT2D eigenvalue weighted by atomic mass is 35.5. The molecule has 1 amide bonds. The molecule has 0 saturated heterocycles. The number of rotatable bonds is 6. The standard InChI is InChI=1S/C25H23ClN2O3S/c1-2-28-22-14-13-20(26)17-21(22)23(19-11-7-4-8-12-19)24(32(28,30)31)25(29)27-16-15-18-9-5-3-6-10-18/h3-14,17H,2,15-16H2,1H3,(H,27,29). The van der Waals surface area contributed by atoms with Gasteiger partial charge in [-0.05, 0) is 42.7 Å². The molecule has 0 bridgehead atoms. The summed E-state index contributed by atoms with van der Waals surface area (Å²) in [5.74, 6) is -0.621. The molecule has 1 aliphatic heterocycles. The minimum Gasteiger partial charge on any atom is -0.351 e. The van der Waals surface area contributed by atoms with Gasteiger partial charge in [0.15, 0.2) is 4.91 Å². The molecule has 3 aromatic carbocycles. The first kappa shape index (κ1) is 22.1. The Kier molecular flexibility index (Phi) is 6.35. The summed E-state index contributed by atoms with van der Waals surface area (Å²) in [7, 11) is -4.07.